The molecule has 0 saturated carbocycles. The standard InChI is InChI=1S/C35H27N/c1-2-30(25-11-4-3-5-12-25)28-18-20-33-32(23-28)35-31-15-9-8-13-26(31)17-21-34(35)36(33)29-19-16-24-10-6-7-14-27(24)22-29/h3-23,30H,2H2,1H3. The van der Waals surface area contributed by atoms with E-state index in [4.69, 9.17) is 0 Å². The van der Waals surface area contributed by atoms with Crippen molar-refractivity contribution in [2.75, 3.05) is 0 Å². The number of nitrogens with zero attached hydrogens (tertiary/aromatic N) is 1. The second-order valence-corrected chi connectivity index (χ2v) is 9.70. The highest BCUT2D eigenvalue weighted by atomic mass is 15.0. The van der Waals surface area contributed by atoms with E-state index >= 15 is 0 Å². The summed E-state index contributed by atoms with van der Waals surface area (Å²) in [4.78, 5) is 0. The molecule has 7 aromatic rings. The lowest BCUT2D eigenvalue weighted by atomic mass is 9.88. The largest absolute Gasteiger partial charge is 0.309 e. The van der Waals surface area contributed by atoms with Gasteiger partial charge in [-0.1, -0.05) is 104 Å². The number of hydrogen-bond donors (Lipinski definition) is 0. The summed E-state index contributed by atoms with van der Waals surface area (Å²) in [5.41, 5.74) is 6.46. The van der Waals surface area contributed by atoms with Crippen molar-refractivity contribution in [1.29, 1.82) is 0 Å². The maximum absolute atomic E-state index is 2.45. The van der Waals surface area contributed by atoms with E-state index in [0.717, 1.165) is 6.42 Å². The van der Waals surface area contributed by atoms with Crippen molar-refractivity contribution in [1.82, 2.24) is 4.57 Å². The van der Waals surface area contributed by atoms with Crippen LogP contribution in [0, 0.1) is 0 Å². The van der Waals surface area contributed by atoms with Crippen LogP contribution in [0.1, 0.15) is 30.4 Å². The lowest BCUT2D eigenvalue weighted by Crippen LogP contribution is -1.99. The van der Waals surface area contributed by atoms with E-state index in [0.29, 0.717) is 5.92 Å². The lowest BCUT2D eigenvalue weighted by Gasteiger charge is -2.16. The first-order valence-corrected chi connectivity index (χ1v) is 12.8. The van der Waals surface area contributed by atoms with E-state index in [1.165, 1.54) is 60.2 Å². The van der Waals surface area contributed by atoms with Crippen LogP contribution in [0.4, 0.5) is 0 Å². The van der Waals surface area contributed by atoms with Crippen LogP contribution in [0.2, 0.25) is 0 Å². The van der Waals surface area contributed by atoms with E-state index in [-0.39, 0.29) is 0 Å². The second-order valence-electron chi connectivity index (χ2n) is 9.70. The van der Waals surface area contributed by atoms with Gasteiger partial charge in [0.1, 0.15) is 0 Å². The van der Waals surface area contributed by atoms with Gasteiger partial charge in [-0.25, -0.2) is 0 Å². The summed E-state index contributed by atoms with van der Waals surface area (Å²) < 4.78 is 2.44. The third-order valence-corrected chi connectivity index (χ3v) is 7.68. The number of hydrogen-bond acceptors (Lipinski definition) is 0. The normalized spacial score (nSPS) is 12.6. The summed E-state index contributed by atoms with van der Waals surface area (Å²) in [6.45, 7) is 2.29. The number of fused-ring (bicyclic) bond motifs is 6. The van der Waals surface area contributed by atoms with Gasteiger partial charge in [0.25, 0.3) is 0 Å². The Hall–Kier alpha value is -4.36. The average molecular weight is 462 g/mol. The summed E-state index contributed by atoms with van der Waals surface area (Å²) in [6.07, 6.45) is 1.07. The Bertz CT molecular complexity index is 1870. The number of benzene rings is 6. The lowest BCUT2D eigenvalue weighted by molar-refractivity contribution is 0.778. The average Bonchev–Trinajstić information content (AvgIpc) is 3.28. The minimum absolute atomic E-state index is 0.379. The fourth-order valence-electron chi connectivity index (χ4n) is 5.97. The Morgan fingerprint density at radius 3 is 2.06 bits per heavy atom. The highest BCUT2D eigenvalue weighted by Crippen LogP contribution is 2.39. The topological polar surface area (TPSA) is 4.93 Å². The summed E-state index contributed by atoms with van der Waals surface area (Å²) in [6, 6.07) is 46.8. The third-order valence-electron chi connectivity index (χ3n) is 7.68. The van der Waals surface area contributed by atoms with Gasteiger partial charge < -0.3 is 4.57 Å². The molecule has 0 aliphatic heterocycles. The molecule has 172 valence electrons. The fraction of sp³-hybridized carbons (Fsp3) is 0.0857. The van der Waals surface area contributed by atoms with Crippen LogP contribution in [0.25, 0.3) is 49.0 Å². The van der Waals surface area contributed by atoms with Crippen LogP contribution < -0.4 is 0 Å². The molecule has 0 spiro atoms. The van der Waals surface area contributed by atoms with Gasteiger partial charge in [-0.15, -0.1) is 0 Å². The molecule has 1 nitrogen and oxygen atoms in total. The highest BCUT2D eigenvalue weighted by Gasteiger charge is 2.18. The molecule has 6 aromatic carbocycles. The molecule has 36 heavy (non-hydrogen) atoms. The van der Waals surface area contributed by atoms with Crippen molar-refractivity contribution in [2.24, 2.45) is 0 Å². The molecule has 0 aliphatic carbocycles. The van der Waals surface area contributed by atoms with Crippen LogP contribution in [0.5, 0.6) is 0 Å². The van der Waals surface area contributed by atoms with Crippen molar-refractivity contribution in [3.8, 4) is 5.69 Å². The maximum atomic E-state index is 2.45. The molecular formula is C35H27N. The van der Waals surface area contributed by atoms with Gasteiger partial charge >= 0.3 is 0 Å². The van der Waals surface area contributed by atoms with E-state index in [1.54, 1.807) is 0 Å². The van der Waals surface area contributed by atoms with Crippen molar-refractivity contribution in [3.63, 3.8) is 0 Å². The molecule has 1 atom stereocenters. The van der Waals surface area contributed by atoms with Crippen LogP contribution in [0.15, 0.2) is 127 Å². The van der Waals surface area contributed by atoms with Gasteiger partial charge in [0, 0.05) is 22.4 Å². The van der Waals surface area contributed by atoms with Crippen LogP contribution in [-0.2, 0) is 0 Å². The van der Waals surface area contributed by atoms with Crippen LogP contribution >= 0.6 is 0 Å². The minimum atomic E-state index is 0.379. The predicted octanol–water partition coefficient (Wildman–Crippen LogP) is 9.63. The van der Waals surface area contributed by atoms with Gasteiger partial charge in [-0.3, -0.25) is 0 Å². The highest BCUT2D eigenvalue weighted by molar-refractivity contribution is 6.21. The van der Waals surface area contributed by atoms with E-state index < -0.39 is 0 Å². The van der Waals surface area contributed by atoms with E-state index in [1.807, 2.05) is 0 Å². The first kappa shape index (κ1) is 21.0. The number of rotatable bonds is 4. The van der Waals surface area contributed by atoms with Crippen molar-refractivity contribution < 1.29 is 0 Å². The summed E-state index contributed by atoms with van der Waals surface area (Å²) >= 11 is 0. The molecule has 0 aliphatic rings. The zero-order valence-corrected chi connectivity index (χ0v) is 20.4. The molecule has 0 bridgehead atoms. The molecule has 0 fully saturated rings. The molecule has 1 aromatic heterocycles. The summed E-state index contributed by atoms with van der Waals surface area (Å²) in [5.74, 6) is 0.379. The van der Waals surface area contributed by atoms with Crippen molar-refractivity contribution >= 4 is 43.4 Å². The van der Waals surface area contributed by atoms with Crippen LogP contribution in [-0.4, -0.2) is 4.57 Å². The molecule has 0 saturated heterocycles. The summed E-state index contributed by atoms with van der Waals surface area (Å²) in [5, 5.41) is 7.77. The summed E-state index contributed by atoms with van der Waals surface area (Å²) in [7, 11) is 0. The molecular weight excluding hydrogens is 434 g/mol. The third kappa shape index (κ3) is 3.24. The molecule has 0 N–H and O–H groups in total. The van der Waals surface area contributed by atoms with E-state index in [2.05, 4.69) is 139 Å². The van der Waals surface area contributed by atoms with Crippen molar-refractivity contribution in [2.45, 2.75) is 19.3 Å². The first-order chi connectivity index (χ1) is 17.8. The predicted molar refractivity (Wildman–Crippen MR) is 154 cm³/mol. The Balaban J connectivity index is 1.56. The minimum Gasteiger partial charge on any atom is -0.309 e. The monoisotopic (exact) mass is 461 g/mol. The van der Waals surface area contributed by atoms with Gasteiger partial charge in [-0.2, -0.15) is 0 Å². The first-order valence-electron chi connectivity index (χ1n) is 12.8. The van der Waals surface area contributed by atoms with Gasteiger partial charge in [0.05, 0.1) is 11.0 Å². The Morgan fingerprint density at radius 1 is 0.528 bits per heavy atom. The fourth-order valence-corrected chi connectivity index (χ4v) is 5.97. The Morgan fingerprint density at radius 2 is 1.22 bits per heavy atom. The zero-order valence-electron chi connectivity index (χ0n) is 20.4. The Kier molecular flexibility index (Phi) is 4.89. The molecule has 0 radical (unpaired) electrons. The van der Waals surface area contributed by atoms with Crippen molar-refractivity contribution in [3.05, 3.63) is 139 Å². The molecule has 1 unspecified atom stereocenters. The van der Waals surface area contributed by atoms with E-state index in [9.17, 15) is 0 Å². The van der Waals surface area contributed by atoms with Gasteiger partial charge in [0.15, 0.2) is 0 Å². The zero-order chi connectivity index (χ0) is 24.1. The van der Waals surface area contributed by atoms with Crippen LogP contribution in [0.3, 0.4) is 0 Å². The van der Waals surface area contributed by atoms with Gasteiger partial charge in [-0.05, 0) is 69.4 Å². The molecule has 7 rings (SSSR count). The molecule has 1 heteroatoms. The quantitative estimate of drug-likeness (QED) is 0.246. The second kappa shape index (κ2) is 8.39. The molecule has 0 amide bonds. The molecule has 1 heterocycles. The SMILES string of the molecule is CCC(c1ccccc1)c1ccc2c(c1)c1c3ccccc3ccc1n2-c1ccc2ccccc2c1. The smallest absolute Gasteiger partial charge is 0.0547 e. The number of aromatic nitrogens is 1. The Labute approximate surface area is 211 Å². The van der Waals surface area contributed by atoms with Gasteiger partial charge in [0.2, 0.25) is 0 Å². The maximum Gasteiger partial charge on any atom is 0.0547 e.